The Balaban J connectivity index is 1.85. The molecular weight excluding hydrogens is 624 g/mol. The minimum Gasteiger partial charge on any atom is -0.436 e. The first-order valence-electron chi connectivity index (χ1n) is 17.7. The third-order valence-electron chi connectivity index (χ3n) is 9.48. The van der Waals surface area contributed by atoms with E-state index in [1.807, 2.05) is 30.3 Å². The molecule has 1 aliphatic carbocycles. The highest BCUT2D eigenvalue weighted by molar-refractivity contribution is 5.90. The van der Waals surface area contributed by atoms with Gasteiger partial charge in [0.2, 0.25) is 11.8 Å². The van der Waals surface area contributed by atoms with Gasteiger partial charge in [-0.3, -0.25) is 14.4 Å². The molecule has 12 nitrogen and oxygen atoms in total. The lowest BCUT2D eigenvalue weighted by Gasteiger charge is -2.34. The van der Waals surface area contributed by atoms with Crippen LogP contribution in [0.15, 0.2) is 42.9 Å². The molecule has 1 aromatic carbocycles. The highest BCUT2D eigenvalue weighted by Gasteiger charge is 2.36. The van der Waals surface area contributed by atoms with Crippen LogP contribution in [0.3, 0.4) is 0 Å². The van der Waals surface area contributed by atoms with Gasteiger partial charge in [-0.15, -0.1) is 0 Å². The highest BCUT2D eigenvalue weighted by Crippen LogP contribution is 2.29. The predicted molar refractivity (Wildman–Crippen MR) is 188 cm³/mol. The molecule has 3 N–H and O–H groups in total. The molecule has 1 fully saturated rings. The second kappa shape index (κ2) is 19.9. The molecule has 3 rings (SSSR count). The molecule has 0 unspecified atom stereocenters. The number of aromatic amines is 1. The van der Waals surface area contributed by atoms with E-state index in [2.05, 4.69) is 29.1 Å². The highest BCUT2D eigenvalue weighted by atomic mass is 16.6. The summed E-state index contributed by atoms with van der Waals surface area (Å²) in [6, 6.07) is 7.79. The minimum absolute atomic E-state index is 0.0941. The summed E-state index contributed by atoms with van der Waals surface area (Å²) < 4.78 is 5.81. The van der Waals surface area contributed by atoms with E-state index in [-0.39, 0.29) is 37.6 Å². The van der Waals surface area contributed by atoms with Crippen molar-refractivity contribution in [2.24, 2.45) is 11.8 Å². The lowest BCUT2D eigenvalue weighted by Crippen LogP contribution is -2.56. The number of imidazole rings is 1. The largest absolute Gasteiger partial charge is 0.436 e. The number of aliphatic hydroxyl groups excluding tert-OH is 1. The van der Waals surface area contributed by atoms with Gasteiger partial charge in [-0.25, -0.2) is 9.78 Å². The summed E-state index contributed by atoms with van der Waals surface area (Å²) in [4.78, 5) is 65.0. The Morgan fingerprint density at radius 3 is 2.31 bits per heavy atom. The van der Waals surface area contributed by atoms with Gasteiger partial charge in [0.25, 0.3) is 5.91 Å². The van der Waals surface area contributed by atoms with Crippen molar-refractivity contribution < 1.29 is 29.0 Å². The average Bonchev–Trinajstić information content (AvgIpc) is 3.61. The molecule has 0 spiro atoms. The molecule has 1 heterocycles. The van der Waals surface area contributed by atoms with Gasteiger partial charge >= 0.3 is 6.09 Å². The molecule has 1 aliphatic rings. The molecule has 0 saturated heterocycles. The number of nitrogens with zero attached hydrogens (tertiary/aromatic N) is 4. The number of H-pyrrole nitrogens is 1. The van der Waals surface area contributed by atoms with E-state index in [4.69, 9.17) is 4.74 Å². The summed E-state index contributed by atoms with van der Waals surface area (Å²) >= 11 is 0. The molecule has 12 heteroatoms. The third-order valence-corrected chi connectivity index (χ3v) is 9.48. The lowest BCUT2D eigenvalue weighted by atomic mass is 9.83. The van der Waals surface area contributed by atoms with E-state index in [9.17, 15) is 24.3 Å². The number of aromatic nitrogens is 2. The summed E-state index contributed by atoms with van der Waals surface area (Å²) in [6.45, 7) is 4.34. The van der Waals surface area contributed by atoms with Gasteiger partial charge in [-0.05, 0) is 36.7 Å². The van der Waals surface area contributed by atoms with Crippen molar-refractivity contribution >= 4 is 23.8 Å². The summed E-state index contributed by atoms with van der Waals surface area (Å²) in [5.74, 6) is -0.245. The number of hydrogen-bond acceptors (Lipinski definition) is 7. The predicted octanol–water partition coefficient (Wildman–Crippen LogP) is 4.19. The molecule has 1 saturated carbocycles. The number of benzene rings is 1. The van der Waals surface area contributed by atoms with Crippen molar-refractivity contribution in [1.82, 2.24) is 30.0 Å². The van der Waals surface area contributed by atoms with Gasteiger partial charge in [-0.1, -0.05) is 76.3 Å². The van der Waals surface area contributed by atoms with Crippen LogP contribution < -0.4 is 5.32 Å². The first kappa shape index (κ1) is 39.5. The van der Waals surface area contributed by atoms with Crippen molar-refractivity contribution in [3.8, 4) is 0 Å². The van der Waals surface area contributed by atoms with Gasteiger partial charge in [0, 0.05) is 65.9 Å². The fraction of sp³-hybridized carbons (Fsp3) is 0.649. The lowest BCUT2D eigenvalue weighted by molar-refractivity contribution is -0.146. The number of aliphatic hydroxyl groups is 1. The second-order valence-electron chi connectivity index (χ2n) is 14.2. The number of likely N-dealkylation sites (N-methyl/N-ethyl adjacent to an activating group) is 1. The summed E-state index contributed by atoms with van der Waals surface area (Å²) in [7, 11) is 6.35. The van der Waals surface area contributed by atoms with Crippen LogP contribution in [0, 0.1) is 11.8 Å². The van der Waals surface area contributed by atoms with Crippen molar-refractivity contribution in [2.45, 2.75) is 109 Å². The Morgan fingerprint density at radius 1 is 1.00 bits per heavy atom. The standard InChI is InChI=1S/C37H58N6O6/c1-26(2)17-18-32(44)30(21-27-13-9-7-10-14-27)40-35(46)31(23-29-24-38-25-39-29)43(6)36(47)33(22-28-15-11-8-12-16-28)49-37(48)42(5)20-19-34(45)41(3)4/h8,11-12,15-16,24-27,30-33,44H,7,9-10,13-14,17-23H2,1-6H3,(H,38,39)(H,40,46)/t30-,31-,32-,33-/m0/s1. The van der Waals surface area contributed by atoms with Crippen LogP contribution in [0.25, 0.3) is 0 Å². The van der Waals surface area contributed by atoms with Crippen molar-refractivity contribution in [3.05, 3.63) is 54.1 Å². The number of ether oxygens (including phenoxy) is 1. The van der Waals surface area contributed by atoms with E-state index in [1.54, 1.807) is 27.3 Å². The normalized spacial score (nSPS) is 15.9. The molecule has 49 heavy (non-hydrogen) atoms. The Kier molecular flexibility index (Phi) is 16.1. The van der Waals surface area contributed by atoms with Crippen LogP contribution in [0.2, 0.25) is 0 Å². The van der Waals surface area contributed by atoms with Crippen LogP contribution in [0.1, 0.15) is 82.9 Å². The van der Waals surface area contributed by atoms with Crippen LogP contribution in [-0.2, 0) is 32.0 Å². The van der Waals surface area contributed by atoms with E-state index in [0.29, 0.717) is 30.4 Å². The van der Waals surface area contributed by atoms with E-state index in [1.165, 1.54) is 34.5 Å². The van der Waals surface area contributed by atoms with E-state index < -0.39 is 36.3 Å². The van der Waals surface area contributed by atoms with Gasteiger partial charge < -0.3 is 34.8 Å². The Bertz CT molecular complexity index is 1300. The van der Waals surface area contributed by atoms with Crippen LogP contribution in [-0.4, -0.2) is 113 Å². The van der Waals surface area contributed by atoms with Gasteiger partial charge in [0.05, 0.1) is 18.5 Å². The average molecular weight is 683 g/mol. The smallest absolute Gasteiger partial charge is 0.410 e. The molecule has 272 valence electrons. The zero-order chi connectivity index (χ0) is 35.9. The zero-order valence-electron chi connectivity index (χ0n) is 30.3. The first-order valence-corrected chi connectivity index (χ1v) is 17.7. The Hall–Kier alpha value is -3.93. The Labute approximate surface area is 292 Å². The number of nitrogens with one attached hydrogen (secondary N) is 2. The van der Waals surface area contributed by atoms with Crippen LogP contribution >= 0.6 is 0 Å². The topological polar surface area (TPSA) is 148 Å². The van der Waals surface area contributed by atoms with Crippen LogP contribution in [0.5, 0.6) is 0 Å². The fourth-order valence-corrected chi connectivity index (χ4v) is 6.27. The molecule has 0 bridgehead atoms. The van der Waals surface area contributed by atoms with Gasteiger partial charge in [0.1, 0.15) is 6.04 Å². The maximum atomic E-state index is 14.3. The van der Waals surface area contributed by atoms with Crippen LogP contribution in [0.4, 0.5) is 4.79 Å². The summed E-state index contributed by atoms with van der Waals surface area (Å²) in [5, 5.41) is 14.5. The molecule has 0 aliphatic heterocycles. The molecule has 0 radical (unpaired) electrons. The van der Waals surface area contributed by atoms with Gasteiger partial charge in [-0.2, -0.15) is 0 Å². The zero-order valence-corrected chi connectivity index (χ0v) is 30.3. The summed E-state index contributed by atoms with van der Waals surface area (Å²) in [6.07, 6.45) is 8.50. The summed E-state index contributed by atoms with van der Waals surface area (Å²) in [5.41, 5.74) is 1.44. The number of carbonyl (C=O) groups excluding carboxylic acids is 4. The van der Waals surface area contributed by atoms with Crippen molar-refractivity contribution in [1.29, 1.82) is 0 Å². The van der Waals surface area contributed by atoms with E-state index in [0.717, 1.165) is 37.7 Å². The SMILES string of the molecule is CC(C)CC[C@H](O)[C@H](CC1CCCCC1)NC(=O)[C@H](Cc1cnc[nH]1)N(C)C(=O)[C@H](Cc1ccccc1)OC(=O)N(C)CCC(=O)N(C)C. The quantitative estimate of drug-likeness (QED) is 0.214. The molecule has 2 aromatic rings. The minimum atomic E-state index is -1.24. The maximum absolute atomic E-state index is 14.3. The molecule has 4 atom stereocenters. The third kappa shape index (κ3) is 13.1. The first-order chi connectivity index (χ1) is 23.3. The van der Waals surface area contributed by atoms with Gasteiger partial charge in [0.15, 0.2) is 6.10 Å². The van der Waals surface area contributed by atoms with Crippen molar-refractivity contribution in [3.63, 3.8) is 0 Å². The Morgan fingerprint density at radius 2 is 1.69 bits per heavy atom. The number of carbonyl (C=O) groups is 4. The number of rotatable bonds is 18. The number of hydrogen-bond donors (Lipinski definition) is 3. The molecule has 4 amide bonds. The van der Waals surface area contributed by atoms with Crippen molar-refractivity contribution in [2.75, 3.05) is 34.7 Å². The maximum Gasteiger partial charge on any atom is 0.410 e. The van der Waals surface area contributed by atoms with E-state index >= 15 is 0 Å². The fourth-order valence-electron chi connectivity index (χ4n) is 6.27. The molecule has 1 aromatic heterocycles. The second-order valence-corrected chi connectivity index (χ2v) is 14.2. The molecular formula is C37H58N6O6. The monoisotopic (exact) mass is 682 g/mol. The number of amides is 4.